The largest absolute Gasteiger partial charge is 0.453 e. The number of aryl methyl sites for hydroxylation is 1. The van der Waals surface area contributed by atoms with Crippen LogP contribution in [-0.2, 0) is 20.7 Å². The standard InChI is InChI=1S/C37H40N4O6/c1-45-37(44)41-34(33(27-14-5-2-6-15-27)28-16-7-3-8-17-28)35(42)40-32-20-12-11-13-26(32)21-22-31-24-38-29(25-46-31)23-39-36(43)47-30-18-9-4-10-19-30/h2-20,29,31,33-34,38H,21-25H2,1H3,(H,39,43)(H,40,42)(H,41,44)/t29-,31-,34?/m1/s1. The molecule has 1 saturated heterocycles. The molecule has 4 N–H and O–H groups in total. The van der Waals surface area contributed by atoms with Crippen LogP contribution < -0.4 is 26.0 Å². The van der Waals surface area contributed by atoms with Crippen LogP contribution in [0.1, 0.15) is 29.0 Å². The van der Waals surface area contributed by atoms with Gasteiger partial charge in [-0.15, -0.1) is 0 Å². The van der Waals surface area contributed by atoms with Gasteiger partial charge in [0.25, 0.3) is 0 Å². The van der Waals surface area contributed by atoms with E-state index < -0.39 is 24.1 Å². The zero-order valence-electron chi connectivity index (χ0n) is 26.3. The molecule has 0 saturated carbocycles. The Morgan fingerprint density at radius 3 is 2.06 bits per heavy atom. The molecule has 0 radical (unpaired) electrons. The second kappa shape index (κ2) is 16.9. The van der Waals surface area contributed by atoms with Crippen LogP contribution in [-0.4, -0.2) is 63.1 Å². The number of amides is 3. The lowest BCUT2D eigenvalue weighted by Gasteiger charge is -2.30. The zero-order chi connectivity index (χ0) is 32.8. The van der Waals surface area contributed by atoms with Crippen molar-refractivity contribution >= 4 is 23.8 Å². The Labute approximate surface area is 274 Å². The van der Waals surface area contributed by atoms with Gasteiger partial charge in [0, 0.05) is 30.7 Å². The molecule has 4 aromatic rings. The first-order chi connectivity index (χ1) is 23.0. The molecule has 0 aliphatic carbocycles. The fourth-order valence-electron chi connectivity index (χ4n) is 5.59. The van der Waals surface area contributed by atoms with Crippen LogP contribution in [0.25, 0.3) is 0 Å². The molecule has 0 spiro atoms. The molecule has 1 fully saturated rings. The molecule has 244 valence electrons. The van der Waals surface area contributed by atoms with Gasteiger partial charge in [0.2, 0.25) is 5.91 Å². The minimum atomic E-state index is -0.957. The quantitative estimate of drug-likeness (QED) is 0.167. The molecular weight excluding hydrogens is 596 g/mol. The van der Waals surface area contributed by atoms with Crippen LogP contribution in [0.4, 0.5) is 15.3 Å². The van der Waals surface area contributed by atoms with Gasteiger partial charge in [-0.25, -0.2) is 9.59 Å². The molecule has 0 aromatic heterocycles. The number of hydrogen-bond donors (Lipinski definition) is 4. The van der Waals surface area contributed by atoms with Crippen LogP contribution in [0, 0.1) is 0 Å². The van der Waals surface area contributed by atoms with Crippen molar-refractivity contribution in [2.75, 3.05) is 32.1 Å². The van der Waals surface area contributed by atoms with Gasteiger partial charge in [-0.3, -0.25) is 4.79 Å². The topological polar surface area (TPSA) is 127 Å². The summed E-state index contributed by atoms with van der Waals surface area (Å²) in [5.41, 5.74) is 3.38. The fourth-order valence-corrected chi connectivity index (χ4v) is 5.59. The molecule has 1 unspecified atom stereocenters. The Morgan fingerprint density at radius 1 is 0.830 bits per heavy atom. The van der Waals surface area contributed by atoms with Crippen molar-refractivity contribution in [2.45, 2.75) is 36.9 Å². The average Bonchev–Trinajstić information content (AvgIpc) is 3.11. The summed E-state index contributed by atoms with van der Waals surface area (Å²) in [5.74, 6) is -0.345. The van der Waals surface area contributed by atoms with Gasteiger partial charge >= 0.3 is 12.2 Å². The number of alkyl carbamates (subject to hydrolysis) is 1. The summed E-state index contributed by atoms with van der Waals surface area (Å²) in [5, 5.41) is 12.1. The monoisotopic (exact) mass is 636 g/mol. The number of morpholine rings is 1. The second-order valence-corrected chi connectivity index (χ2v) is 11.2. The molecule has 3 amide bonds. The number of rotatable bonds is 12. The highest BCUT2D eigenvalue weighted by Gasteiger charge is 2.33. The van der Waals surface area contributed by atoms with Crippen molar-refractivity contribution in [1.29, 1.82) is 0 Å². The summed E-state index contributed by atoms with van der Waals surface area (Å²) in [6, 6.07) is 34.8. The molecule has 1 aliphatic heterocycles. The minimum Gasteiger partial charge on any atom is -0.453 e. The van der Waals surface area contributed by atoms with E-state index in [0.717, 1.165) is 23.1 Å². The number of benzene rings is 4. The molecule has 3 atom stereocenters. The highest BCUT2D eigenvalue weighted by atomic mass is 16.6. The summed E-state index contributed by atoms with van der Waals surface area (Å²) in [6.45, 7) is 1.44. The summed E-state index contributed by atoms with van der Waals surface area (Å²) >= 11 is 0. The predicted molar refractivity (Wildman–Crippen MR) is 179 cm³/mol. The Balaban J connectivity index is 1.19. The number of carbonyl (C=O) groups is 3. The lowest BCUT2D eigenvalue weighted by molar-refractivity contribution is -0.118. The normalized spacial score (nSPS) is 16.5. The van der Waals surface area contributed by atoms with E-state index >= 15 is 0 Å². The highest BCUT2D eigenvalue weighted by Crippen LogP contribution is 2.30. The summed E-state index contributed by atoms with van der Waals surface area (Å²) < 4.78 is 16.3. The Morgan fingerprint density at radius 2 is 1.45 bits per heavy atom. The second-order valence-electron chi connectivity index (χ2n) is 11.2. The molecule has 1 aliphatic rings. The van der Waals surface area contributed by atoms with Crippen LogP contribution in [0.2, 0.25) is 0 Å². The fraction of sp³-hybridized carbons (Fsp3) is 0.270. The number of hydrogen-bond acceptors (Lipinski definition) is 7. The Hall–Kier alpha value is -5.19. The number of carbonyl (C=O) groups excluding carboxylic acids is 3. The highest BCUT2D eigenvalue weighted by molar-refractivity contribution is 5.98. The lowest BCUT2D eigenvalue weighted by atomic mass is 9.84. The van der Waals surface area contributed by atoms with Crippen LogP contribution in [0.3, 0.4) is 0 Å². The number of para-hydroxylation sites is 2. The van der Waals surface area contributed by atoms with Gasteiger partial charge in [0.1, 0.15) is 11.8 Å². The summed E-state index contributed by atoms with van der Waals surface area (Å²) in [4.78, 5) is 38.6. The SMILES string of the molecule is COC(=O)NC(C(=O)Nc1ccccc1CC[C@@H]1CN[C@H](CNC(=O)Oc2ccccc2)CO1)C(c1ccccc1)c1ccccc1. The predicted octanol–water partition coefficient (Wildman–Crippen LogP) is 5.26. The lowest BCUT2D eigenvalue weighted by Crippen LogP contribution is -2.52. The maximum Gasteiger partial charge on any atom is 0.412 e. The average molecular weight is 637 g/mol. The molecule has 0 bridgehead atoms. The van der Waals surface area contributed by atoms with E-state index in [1.807, 2.05) is 91.0 Å². The van der Waals surface area contributed by atoms with Crippen LogP contribution in [0.5, 0.6) is 5.75 Å². The molecule has 10 nitrogen and oxygen atoms in total. The molecule has 1 heterocycles. The third-order valence-corrected chi connectivity index (χ3v) is 8.02. The van der Waals surface area contributed by atoms with E-state index in [2.05, 4.69) is 21.3 Å². The van der Waals surface area contributed by atoms with E-state index in [-0.39, 0.29) is 18.1 Å². The minimum absolute atomic E-state index is 0.0393. The number of nitrogens with one attached hydrogen (secondary N) is 4. The van der Waals surface area contributed by atoms with Gasteiger partial charge in [0.15, 0.2) is 0 Å². The first-order valence-corrected chi connectivity index (χ1v) is 15.7. The van der Waals surface area contributed by atoms with Gasteiger partial charge < -0.3 is 35.5 Å². The molecule has 4 aromatic carbocycles. The summed E-state index contributed by atoms with van der Waals surface area (Å²) in [7, 11) is 1.28. The first kappa shape index (κ1) is 33.2. The van der Waals surface area contributed by atoms with Gasteiger partial charge in [-0.1, -0.05) is 97.1 Å². The van der Waals surface area contributed by atoms with E-state index in [1.54, 1.807) is 24.3 Å². The van der Waals surface area contributed by atoms with Crippen molar-refractivity contribution in [3.8, 4) is 5.75 Å². The number of methoxy groups -OCH3 is 1. The zero-order valence-corrected chi connectivity index (χ0v) is 26.3. The third kappa shape index (κ3) is 9.65. The number of ether oxygens (including phenoxy) is 3. The van der Waals surface area contributed by atoms with E-state index in [0.29, 0.717) is 37.6 Å². The van der Waals surface area contributed by atoms with Crippen molar-refractivity contribution in [3.05, 3.63) is 132 Å². The maximum atomic E-state index is 14.0. The van der Waals surface area contributed by atoms with Crippen LogP contribution in [0.15, 0.2) is 115 Å². The van der Waals surface area contributed by atoms with Crippen molar-refractivity contribution in [3.63, 3.8) is 0 Å². The maximum absolute atomic E-state index is 14.0. The van der Waals surface area contributed by atoms with Crippen molar-refractivity contribution in [1.82, 2.24) is 16.0 Å². The van der Waals surface area contributed by atoms with Gasteiger partial charge in [-0.2, -0.15) is 0 Å². The summed E-state index contributed by atoms with van der Waals surface area (Å²) in [6.07, 6.45) is 0.128. The molecule has 5 rings (SSSR count). The third-order valence-electron chi connectivity index (χ3n) is 8.02. The van der Waals surface area contributed by atoms with Gasteiger partial charge in [0.05, 0.1) is 19.8 Å². The Kier molecular flexibility index (Phi) is 12.0. The molecular formula is C37H40N4O6. The van der Waals surface area contributed by atoms with E-state index in [9.17, 15) is 14.4 Å². The van der Waals surface area contributed by atoms with Crippen LogP contribution >= 0.6 is 0 Å². The molecule has 10 heteroatoms. The van der Waals surface area contributed by atoms with E-state index in [1.165, 1.54) is 7.11 Å². The van der Waals surface area contributed by atoms with Crippen molar-refractivity contribution < 1.29 is 28.6 Å². The van der Waals surface area contributed by atoms with Crippen molar-refractivity contribution in [2.24, 2.45) is 0 Å². The first-order valence-electron chi connectivity index (χ1n) is 15.7. The van der Waals surface area contributed by atoms with Gasteiger partial charge in [-0.05, 0) is 47.7 Å². The molecule has 47 heavy (non-hydrogen) atoms. The smallest absolute Gasteiger partial charge is 0.412 e. The number of anilines is 1. The Bertz CT molecular complexity index is 1540. The van der Waals surface area contributed by atoms with E-state index in [4.69, 9.17) is 14.2 Å².